The van der Waals surface area contributed by atoms with E-state index in [0.29, 0.717) is 17.1 Å². The van der Waals surface area contributed by atoms with E-state index in [1.165, 1.54) is 9.13 Å². The lowest BCUT2D eigenvalue weighted by atomic mass is 10.2. The predicted molar refractivity (Wildman–Crippen MR) is 99.5 cm³/mol. The summed E-state index contributed by atoms with van der Waals surface area (Å²) in [7, 11) is 1.64. The molecular weight excluding hydrogens is 320 g/mol. The molecule has 134 valence electrons. The maximum atomic E-state index is 13.1. The number of fused-ring (bicyclic) bond motifs is 3. The van der Waals surface area contributed by atoms with Crippen LogP contribution in [0.3, 0.4) is 0 Å². The molecule has 0 saturated heterocycles. The summed E-state index contributed by atoms with van der Waals surface area (Å²) in [6, 6.07) is -0.0360. The van der Waals surface area contributed by atoms with Crippen LogP contribution in [-0.2, 0) is 13.6 Å². The Kier molecular flexibility index (Phi) is 3.93. The topological polar surface area (TPSA) is 77.4 Å². The Morgan fingerprint density at radius 2 is 1.96 bits per heavy atom. The van der Waals surface area contributed by atoms with Crippen molar-refractivity contribution in [3.8, 4) is 0 Å². The lowest BCUT2D eigenvalue weighted by Crippen LogP contribution is -2.41. The second-order valence-corrected chi connectivity index (χ2v) is 7.00. The van der Waals surface area contributed by atoms with Gasteiger partial charge in [-0.05, 0) is 34.6 Å². The Bertz CT molecular complexity index is 1020. The van der Waals surface area contributed by atoms with E-state index in [1.807, 2.05) is 32.3 Å². The molecule has 3 heterocycles. The zero-order chi connectivity index (χ0) is 18.6. The van der Waals surface area contributed by atoms with Crippen molar-refractivity contribution in [3.63, 3.8) is 0 Å². The number of imidazole rings is 1. The lowest BCUT2D eigenvalue weighted by Gasteiger charge is -2.31. The molecule has 0 radical (unpaired) electrons. The van der Waals surface area contributed by atoms with E-state index in [4.69, 9.17) is 0 Å². The molecule has 1 atom stereocenters. The largest absolute Gasteiger partial charge is 0.332 e. The first kappa shape index (κ1) is 17.2. The summed E-state index contributed by atoms with van der Waals surface area (Å²) < 4.78 is 4.52. The molecule has 0 aromatic carbocycles. The first-order valence-electron chi connectivity index (χ1n) is 8.35. The fourth-order valence-corrected chi connectivity index (χ4v) is 3.10. The molecule has 25 heavy (non-hydrogen) atoms. The van der Waals surface area contributed by atoms with Gasteiger partial charge in [-0.15, -0.1) is 0 Å². The SMILES string of the molecule is C=C(C)Cn1c(=O)c2c(nc3n2[C@H](C)C(C)=NN3C(C)C)n(C)c1=O. The fraction of sp³-hybridized carbons (Fsp3) is 0.529. The molecule has 0 bridgehead atoms. The third-order valence-corrected chi connectivity index (χ3v) is 4.54. The normalized spacial score (nSPS) is 17.2. The van der Waals surface area contributed by atoms with Crippen LogP contribution in [0.4, 0.5) is 5.95 Å². The maximum absolute atomic E-state index is 13.1. The highest BCUT2D eigenvalue weighted by molar-refractivity contribution is 5.91. The van der Waals surface area contributed by atoms with Gasteiger partial charge in [0.15, 0.2) is 11.2 Å². The number of aryl methyl sites for hydroxylation is 1. The minimum absolute atomic E-state index is 0.0766. The number of rotatable bonds is 3. The molecule has 0 spiro atoms. The van der Waals surface area contributed by atoms with Crippen LogP contribution in [0.2, 0.25) is 0 Å². The second kappa shape index (κ2) is 5.72. The average Bonchev–Trinajstić information content (AvgIpc) is 2.93. The second-order valence-electron chi connectivity index (χ2n) is 7.00. The number of anilines is 1. The number of hydrogen-bond donors (Lipinski definition) is 0. The van der Waals surface area contributed by atoms with Crippen LogP contribution in [0.5, 0.6) is 0 Å². The molecule has 0 fully saturated rings. The van der Waals surface area contributed by atoms with E-state index in [9.17, 15) is 9.59 Å². The molecule has 0 amide bonds. The summed E-state index contributed by atoms with van der Waals surface area (Å²) in [6.45, 7) is 13.7. The van der Waals surface area contributed by atoms with Crippen molar-refractivity contribution in [2.24, 2.45) is 12.1 Å². The van der Waals surface area contributed by atoms with Crippen LogP contribution in [0, 0.1) is 0 Å². The average molecular weight is 344 g/mol. The summed E-state index contributed by atoms with van der Waals surface area (Å²) in [5.41, 5.74) is 1.70. The smallest absolute Gasteiger partial charge is 0.294 e. The van der Waals surface area contributed by atoms with Gasteiger partial charge in [-0.2, -0.15) is 10.1 Å². The molecule has 1 aliphatic heterocycles. The van der Waals surface area contributed by atoms with Crippen molar-refractivity contribution in [3.05, 3.63) is 33.0 Å². The molecule has 2 aromatic rings. The minimum Gasteiger partial charge on any atom is -0.294 e. The molecule has 3 rings (SSSR count). The van der Waals surface area contributed by atoms with Crippen molar-refractivity contribution in [1.29, 1.82) is 0 Å². The Morgan fingerprint density at radius 1 is 1.32 bits per heavy atom. The van der Waals surface area contributed by atoms with Gasteiger partial charge in [0.05, 0.1) is 24.3 Å². The van der Waals surface area contributed by atoms with Gasteiger partial charge in [0, 0.05) is 7.05 Å². The molecule has 8 heteroatoms. The van der Waals surface area contributed by atoms with E-state index in [1.54, 1.807) is 19.0 Å². The van der Waals surface area contributed by atoms with Gasteiger partial charge in [0.25, 0.3) is 5.56 Å². The molecule has 0 unspecified atom stereocenters. The fourth-order valence-electron chi connectivity index (χ4n) is 3.10. The highest BCUT2D eigenvalue weighted by Gasteiger charge is 2.31. The van der Waals surface area contributed by atoms with Gasteiger partial charge in [-0.3, -0.25) is 18.5 Å². The summed E-state index contributed by atoms with van der Waals surface area (Å²) in [4.78, 5) is 30.3. The minimum atomic E-state index is -0.391. The third-order valence-electron chi connectivity index (χ3n) is 4.54. The Balaban J connectivity index is 2.45. The van der Waals surface area contributed by atoms with E-state index in [-0.39, 0.29) is 24.2 Å². The van der Waals surface area contributed by atoms with Crippen molar-refractivity contribution >= 4 is 22.8 Å². The van der Waals surface area contributed by atoms with Gasteiger partial charge in [0.1, 0.15) is 0 Å². The monoisotopic (exact) mass is 344 g/mol. The van der Waals surface area contributed by atoms with Crippen LogP contribution < -0.4 is 16.3 Å². The zero-order valence-corrected chi connectivity index (χ0v) is 15.6. The standard InChI is InChI=1S/C17H24N6O2/c1-9(2)8-21-15(24)13-14(20(7)17(21)25)18-16-22(13)12(6)11(5)19-23(16)10(3)4/h10,12H,1,8H2,2-7H3/t12-/m1/s1. The summed E-state index contributed by atoms with van der Waals surface area (Å²) >= 11 is 0. The van der Waals surface area contributed by atoms with Crippen molar-refractivity contribution in [2.45, 2.75) is 53.2 Å². The first-order valence-corrected chi connectivity index (χ1v) is 8.35. The predicted octanol–water partition coefficient (Wildman–Crippen LogP) is 1.64. The number of nitrogens with zero attached hydrogens (tertiary/aromatic N) is 6. The Labute approximate surface area is 145 Å². The van der Waals surface area contributed by atoms with Crippen molar-refractivity contribution in [1.82, 2.24) is 18.7 Å². The molecule has 0 saturated carbocycles. The number of aromatic nitrogens is 4. The van der Waals surface area contributed by atoms with Gasteiger partial charge >= 0.3 is 5.69 Å². The summed E-state index contributed by atoms with van der Waals surface area (Å²) in [6.07, 6.45) is 0. The molecule has 0 aliphatic carbocycles. The summed E-state index contributed by atoms with van der Waals surface area (Å²) in [5, 5.41) is 6.40. The van der Waals surface area contributed by atoms with Crippen LogP contribution in [0.25, 0.3) is 11.2 Å². The van der Waals surface area contributed by atoms with Crippen LogP contribution >= 0.6 is 0 Å². The van der Waals surface area contributed by atoms with Crippen molar-refractivity contribution < 1.29 is 0 Å². The summed E-state index contributed by atoms with van der Waals surface area (Å²) in [5.74, 6) is 0.586. The number of hydrazone groups is 1. The van der Waals surface area contributed by atoms with Crippen LogP contribution in [0.15, 0.2) is 26.8 Å². The number of allylic oxidation sites excluding steroid dienone is 1. The van der Waals surface area contributed by atoms with Crippen LogP contribution in [0.1, 0.15) is 40.7 Å². The van der Waals surface area contributed by atoms with Gasteiger partial charge in [-0.1, -0.05) is 12.2 Å². The van der Waals surface area contributed by atoms with E-state index >= 15 is 0 Å². The third kappa shape index (κ3) is 2.43. The van der Waals surface area contributed by atoms with Gasteiger partial charge in [0.2, 0.25) is 5.95 Å². The van der Waals surface area contributed by atoms with E-state index < -0.39 is 5.69 Å². The molecular formula is C17H24N6O2. The first-order chi connectivity index (χ1) is 11.6. The molecule has 2 aromatic heterocycles. The van der Waals surface area contributed by atoms with E-state index in [0.717, 1.165) is 11.3 Å². The molecule has 8 nitrogen and oxygen atoms in total. The Morgan fingerprint density at radius 3 is 2.52 bits per heavy atom. The van der Waals surface area contributed by atoms with Gasteiger partial charge < -0.3 is 0 Å². The Hall–Kier alpha value is -2.64. The van der Waals surface area contributed by atoms with Crippen molar-refractivity contribution in [2.75, 3.05) is 5.01 Å². The van der Waals surface area contributed by atoms with Crippen LogP contribution in [-0.4, -0.2) is 30.4 Å². The molecule has 1 aliphatic rings. The highest BCUT2D eigenvalue weighted by atomic mass is 16.2. The van der Waals surface area contributed by atoms with E-state index in [2.05, 4.69) is 16.7 Å². The highest BCUT2D eigenvalue weighted by Crippen LogP contribution is 2.30. The van der Waals surface area contributed by atoms with Gasteiger partial charge in [-0.25, -0.2) is 9.80 Å². The zero-order valence-electron chi connectivity index (χ0n) is 15.6. The maximum Gasteiger partial charge on any atom is 0.332 e. The quantitative estimate of drug-likeness (QED) is 0.793. The molecule has 0 N–H and O–H groups in total. The number of hydrogen-bond acceptors (Lipinski definition) is 5. The lowest BCUT2D eigenvalue weighted by molar-refractivity contribution is 0.595.